The van der Waals surface area contributed by atoms with Gasteiger partial charge in [-0.25, -0.2) is 4.98 Å². The van der Waals surface area contributed by atoms with Crippen LogP contribution in [0.5, 0.6) is 0 Å². The largest absolute Gasteiger partial charge is 0.417 e. The lowest BCUT2D eigenvalue weighted by molar-refractivity contribution is -0.137. The average molecular weight is 277 g/mol. The third-order valence-corrected chi connectivity index (χ3v) is 3.04. The zero-order chi connectivity index (χ0) is 14.3. The normalized spacial score (nSPS) is 11.9. The molecule has 0 radical (unpaired) electrons. The summed E-state index contributed by atoms with van der Waals surface area (Å²) in [6.07, 6.45) is -1.79. The topological polar surface area (TPSA) is 43.8 Å². The summed E-state index contributed by atoms with van der Waals surface area (Å²) in [5.74, 6) is 0.428. The van der Waals surface area contributed by atoms with E-state index in [0.717, 1.165) is 23.2 Å². The van der Waals surface area contributed by atoms with Crippen molar-refractivity contribution in [2.24, 2.45) is 0 Å². The molecule has 3 aromatic rings. The molecule has 1 aromatic carbocycles. The highest BCUT2D eigenvalue weighted by molar-refractivity contribution is 5.84. The van der Waals surface area contributed by atoms with Crippen LogP contribution in [0.1, 0.15) is 5.56 Å². The number of fused-ring (bicyclic) bond motifs is 1. The van der Waals surface area contributed by atoms with Crippen molar-refractivity contribution in [1.29, 1.82) is 0 Å². The number of nitrogens with zero attached hydrogens (tertiary/aromatic N) is 2. The molecule has 2 aromatic heterocycles. The van der Waals surface area contributed by atoms with E-state index in [0.29, 0.717) is 11.5 Å². The van der Waals surface area contributed by atoms with Crippen LogP contribution in [-0.4, -0.2) is 9.55 Å². The fraction of sp³-hybridized carbons (Fsp3) is 0.0714. The molecule has 3 nitrogen and oxygen atoms in total. The molecule has 20 heavy (non-hydrogen) atoms. The summed E-state index contributed by atoms with van der Waals surface area (Å²) in [5.41, 5.74) is 6.40. The van der Waals surface area contributed by atoms with Crippen molar-refractivity contribution in [3.8, 4) is 5.82 Å². The Morgan fingerprint density at radius 1 is 1.05 bits per heavy atom. The third-order valence-electron chi connectivity index (χ3n) is 3.04. The Kier molecular flexibility index (Phi) is 2.67. The van der Waals surface area contributed by atoms with Gasteiger partial charge in [-0.05, 0) is 36.4 Å². The Morgan fingerprint density at radius 3 is 2.50 bits per heavy atom. The summed E-state index contributed by atoms with van der Waals surface area (Å²) in [4.78, 5) is 3.87. The first-order valence-electron chi connectivity index (χ1n) is 5.85. The molecule has 3 rings (SSSR count). The van der Waals surface area contributed by atoms with Gasteiger partial charge in [0.05, 0.1) is 11.1 Å². The van der Waals surface area contributed by atoms with Gasteiger partial charge >= 0.3 is 6.18 Å². The van der Waals surface area contributed by atoms with Crippen molar-refractivity contribution in [2.45, 2.75) is 6.18 Å². The molecule has 2 N–H and O–H groups in total. The van der Waals surface area contributed by atoms with E-state index in [4.69, 9.17) is 5.73 Å². The Balaban J connectivity index is 2.07. The lowest BCUT2D eigenvalue weighted by Gasteiger charge is -2.08. The van der Waals surface area contributed by atoms with E-state index in [1.165, 1.54) is 6.07 Å². The maximum atomic E-state index is 12.5. The molecule has 0 amide bonds. The smallest absolute Gasteiger partial charge is 0.399 e. The quantitative estimate of drug-likeness (QED) is 0.690. The molecule has 0 bridgehead atoms. The van der Waals surface area contributed by atoms with E-state index in [1.807, 2.05) is 12.1 Å². The number of nitrogens with two attached hydrogens (primary N) is 1. The highest BCUT2D eigenvalue weighted by atomic mass is 19.4. The molecule has 0 fully saturated rings. The minimum atomic E-state index is -4.38. The number of benzene rings is 1. The SMILES string of the molecule is Nc1ccc2c(ccn2-c2ccc(C(F)(F)F)cn2)c1. The standard InChI is InChI=1S/C14H10F3N3/c15-14(16,17)10-1-4-13(19-8-10)20-6-5-9-7-11(18)2-3-12(9)20/h1-8H,18H2. The van der Waals surface area contributed by atoms with Gasteiger partial charge in [0.1, 0.15) is 5.82 Å². The maximum absolute atomic E-state index is 12.5. The van der Waals surface area contributed by atoms with Crippen molar-refractivity contribution in [1.82, 2.24) is 9.55 Å². The molecule has 102 valence electrons. The van der Waals surface area contributed by atoms with Gasteiger partial charge in [-0.15, -0.1) is 0 Å². The summed E-state index contributed by atoms with van der Waals surface area (Å²) in [5, 5.41) is 0.909. The van der Waals surface area contributed by atoms with Crippen molar-refractivity contribution in [2.75, 3.05) is 5.73 Å². The molecule has 6 heteroatoms. The number of anilines is 1. The van der Waals surface area contributed by atoms with Crippen LogP contribution in [-0.2, 0) is 6.18 Å². The molecule has 0 aliphatic heterocycles. The first kappa shape index (κ1) is 12.5. The van der Waals surface area contributed by atoms with Crippen LogP contribution in [0.3, 0.4) is 0 Å². The predicted octanol–water partition coefficient (Wildman–Crippen LogP) is 3.63. The number of hydrogen-bond acceptors (Lipinski definition) is 2. The number of alkyl halides is 3. The fourth-order valence-corrected chi connectivity index (χ4v) is 2.06. The number of hydrogen-bond donors (Lipinski definition) is 1. The Bertz CT molecular complexity index is 757. The summed E-state index contributed by atoms with van der Waals surface area (Å²) in [6.45, 7) is 0. The van der Waals surface area contributed by atoms with E-state index < -0.39 is 11.7 Å². The van der Waals surface area contributed by atoms with E-state index in [2.05, 4.69) is 4.98 Å². The van der Waals surface area contributed by atoms with Crippen LogP contribution in [0.4, 0.5) is 18.9 Å². The van der Waals surface area contributed by atoms with Crippen LogP contribution in [0, 0.1) is 0 Å². The molecule has 0 unspecified atom stereocenters. The molecular formula is C14H10F3N3. The zero-order valence-corrected chi connectivity index (χ0v) is 10.2. The van der Waals surface area contributed by atoms with Gasteiger partial charge in [0, 0.05) is 23.5 Å². The summed E-state index contributed by atoms with van der Waals surface area (Å²) < 4.78 is 39.2. The second-order valence-electron chi connectivity index (χ2n) is 4.41. The summed E-state index contributed by atoms with van der Waals surface area (Å²) in [6, 6.07) is 9.55. The summed E-state index contributed by atoms with van der Waals surface area (Å²) in [7, 11) is 0. The number of halogens is 3. The number of rotatable bonds is 1. The van der Waals surface area contributed by atoms with Crippen molar-refractivity contribution >= 4 is 16.6 Å². The lowest BCUT2D eigenvalue weighted by Crippen LogP contribution is -2.06. The van der Waals surface area contributed by atoms with Crippen LogP contribution >= 0.6 is 0 Å². The number of pyridine rings is 1. The van der Waals surface area contributed by atoms with Gasteiger partial charge in [-0.3, -0.25) is 0 Å². The molecular weight excluding hydrogens is 267 g/mol. The first-order valence-corrected chi connectivity index (χ1v) is 5.85. The minimum Gasteiger partial charge on any atom is -0.399 e. The van der Waals surface area contributed by atoms with Crippen molar-refractivity contribution in [3.63, 3.8) is 0 Å². The predicted molar refractivity (Wildman–Crippen MR) is 70.5 cm³/mol. The van der Waals surface area contributed by atoms with Gasteiger partial charge < -0.3 is 10.3 Å². The van der Waals surface area contributed by atoms with Gasteiger partial charge in [0.15, 0.2) is 0 Å². The molecule has 0 aliphatic rings. The van der Waals surface area contributed by atoms with Crippen molar-refractivity contribution < 1.29 is 13.2 Å². The zero-order valence-electron chi connectivity index (χ0n) is 10.2. The van der Waals surface area contributed by atoms with Crippen LogP contribution in [0.25, 0.3) is 16.7 Å². The fourth-order valence-electron chi connectivity index (χ4n) is 2.06. The molecule has 2 heterocycles. The average Bonchev–Trinajstić information content (AvgIpc) is 2.80. The van der Waals surface area contributed by atoms with Gasteiger partial charge in [-0.2, -0.15) is 13.2 Å². The molecule has 0 spiro atoms. The second-order valence-corrected chi connectivity index (χ2v) is 4.41. The van der Waals surface area contributed by atoms with E-state index >= 15 is 0 Å². The molecule has 0 atom stereocenters. The Labute approximate surface area is 112 Å². The maximum Gasteiger partial charge on any atom is 0.417 e. The van der Waals surface area contributed by atoms with Gasteiger partial charge in [0.25, 0.3) is 0 Å². The number of nitrogen functional groups attached to an aromatic ring is 1. The van der Waals surface area contributed by atoms with Crippen LogP contribution < -0.4 is 5.73 Å². The lowest BCUT2D eigenvalue weighted by atomic mass is 10.2. The van der Waals surface area contributed by atoms with Gasteiger partial charge in [-0.1, -0.05) is 0 Å². The van der Waals surface area contributed by atoms with Crippen LogP contribution in [0.15, 0.2) is 48.8 Å². The second kappa shape index (κ2) is 4.26. The molecule has 0 saturated carbocycles. The first-order chi connectivity index (χ1) is 9.45. The van der Waals surface area contributed by atoms with Crippen LogP contribution in [0.2, 0.25) is 0 Å². The summed E-state index contributed by atoms with van der Waals surface area (Å²) >= 11 is 0. The third kappa shape index (κ3) is 2.09. The van der Waals surface area contributed by atoms with E-state index in [-0.39, 0.29) is 0 Å². The van der Waals surface area contributed by atoms with Gasteiger partial charge in [0.2, 0.25) is 0 Å². The highest BCUT2D eigenvalue weighted by Gasteiger charge is 2.30. The van der Waals surface area contributed by atoms with E-state index in [1.54, 1.807) is 22.9 Å². The molecule has 0 saturated heterocycles. The molecule has 0 aliphatic carbocycles. The highest BCUT2D eigenvalue weighted by Crippen LogP contribution is 2.29. The number of aromatic nitrogens is 2. The van der Waals surface area contributed by atoms with E-state index in [9.17, 15) is 13.2 Å². The minimum absolute atomic E-state index is 0.428. The Hall–Kier alpha value is -2.50. The van der Waals surface area contributed by atoms with Crippen molar-refractivity contribution in [3.05, 3.63) is 54.4 Å². The monoisotopic (exact) mass is 277 g/mol. The Morgan fingerprint density at radius 2 is 1.85 bits per heavy atom.